The zero-order valence-corrected chi connectivity index (χ0v) is 11.8. The molecule has 0 heterocycles. The normalized spacial score (nSPS) is 10.7. The largest absolute Gasteiger partial charge is 0.462 e. The van der Waals surface area contributed by atoms with Gasteiger partial charge in [-0.05, 0) is 42.3 Å². The van der Waals surface area contributed by atoms with Gasteiger partial charge >= 0.3 is 5.97 Å². The van der Waals surface area contributed by atoms with Crippen molar-refractivity contribution in [2.24, 2.45) is 5.11 Å². The first-order valence-electron chi connectivity index (χ1n) is 4.97. The van der Waals surface area contributed by atoms with Crippen LogP contribution in [-0.4, -0.2) is 12.6 Å². The van der Waals surface area contributed by atoms with Gasteiger partial charge in [0.25, 0.3) is 0 Å². The van der Waals surface area contributed by atoms with Gasteiger partial charge < -0.3 is 4.74 Å². The fourth-order valence-corrected chi connectivity index (χ4v) is 1.70. The van der Waals surface area contributed by atoms with Crippen molar-refractivity contribution in [1.29, 1.82) is 0 Å². The standard InChI is InChI=1S/C11H9BrClN3O2/c1-2-18-11(17)10(15-16-14)6-7-5-8(13)3-4-9(7)12/h3-6H,2H2,1H3. The number of carbonyl (C=O) groups is 1. The Bertz CT molecular complexity index is 539. The Morgan fingerprint density at radius 3 is 3.00 bits per heavy atom. The molecule has 1 aromatic rings. The SMILES string of the molecule is CCOC(=O)C(=Cc1cc(Cl)ccc1Br)N=[N+]=[N-]. The lowest BCUT2D eigenvalue weighted by Crippen LogP contribution is -2.05. The van der Waals surface area contributed by atoms with Gasteiger partial charge in [0.05, 0.1) is 6.61 Å². The van der Waals surface area contributed by atoms with Gasteiger partial charge in [0, 0.05) is 14.4 Å². The molecule has 94 valence electrons. The molecule has 0 fully saturated rings. The summed E-state index contributed by atoms with van der Waals surface area (Å²) in [6.07, 6.45) is 1.41. The monoisotopic (exact) mass is 329 g/mol. The first kappa shape index (κ1) is 14.6. The van der Waals surface area contributed by atoms with Crippen molar-refractivity contribution in [3.8, 4) is 0 Å². The fourth-order valence-electron chi connectivity index (χ4n) is 1.15. The minimum Gasteiger partial charge on any atom is -0.462 e. The summed E-state index contributed by atoms with van der Waals surface area (Å²) in [6, 6.07) is 5.06. The number of hydrogen-bond donors (Lipinski definition) is 0. The smallest absolute Gasteiger partial charge is 0.340 e. The maximum Gasteiger partial charge on any atom is 0.340 e. The highest BCUT2D eigenvalue weighted by Gasteiger charge is 2.09. The van der Waals surface area contributed by atoms with E-state index in [1.165, 1.54) is 6.08 Å². The lowest BCUT2D eigenvalue weighted by Gasteiger charge is -2.03. The van der Waals surface area contributed by atoms with Gasteiger partial charge in [0.1, 0.15) is 5.70 Å². The molecule has 0 spiro atoms. The molecule has 7 heteroatoms. The number of ether oxygens (including phenoxy) is 1. The second kappa shape index (κ2) is 7.06. The molecular weight excluding hydrogens is 321 g/mol. The molecule has 18 heavy (non-hydrogen) atoms. The van der Waals surface area contributed by atoms with Crippen molar-refractivity contribution in [3.63, 3.8) is 0 Å². The Morgan fingerprint density at radius 2 is 2.39 bits per heavy atom. The number of rotatable bonds is 4. The quantitative estimate of drug-likeness (QED) is 0.271. The first-order chi connectivity index (χ1) is 8.58. The Morgan fingerprint density at radius 1 is 1.67 bits per heavy atom. The average molecular weight is 331 g/mol. The van der Waals surface area contributed by atoms with E-state index in [1.54, 1.807) is 25.1 Å². The maximum absolute atomic E-state index is 11.5. The van der Waals surface area contributed by atoms with E-state index in [2.05, 4.69) is 26.0 Å². The number of azide groups is 1. The van der Waals surface area contributed by atoms with E-state index in [1.807, 2.05) is 0 Å². The molecule has 0 bridgehead atoms. The number of halogens is 2. The topological polar surface area (TPSA) is 75.1 Å². The fraction of sp³-hybridized carbons (Fsp3) is 0.182. The lowest BCUT2D eigenvalue weighted by atomic mass is 10.2. The molecule has 1 rings (SSSR count). The zero-order chi connectivity index (χ0) is 13.5. The molecule has 0 aliphatic carbocycles. The van der Waals surface area contributed by atoms with Crippen molar-refractivity contribution < 1.29 is 9.53 Å². The van der Waals surface area contributed by atoms with E-state index in [-0.39, 0.29) is 12.3 Å². The van der Waals surface area contributed by atoms with Gasteiger partial charge in [-0.1, -0.05) is 32.6 Å². The van der Waals surface area contributed by atoms with Gasteiger partial charge in [-0.25, -0.2) is 4.79 Å². The Kier molecular flexibility index (Phi) is 5.71. The summed E-state index contributed by atoms with van der Waals surface area (Å²) in [5, 5.41) is 3.82. The predicted molar refractivity (Wildman–Crippen MR) is 72.9 cm³/mol. The molecule has 0 radical (unpaired) electrons. The summed E-state index contributed by atoms with van der Waals surface area (Å²) >= 11 is 9.16. The van der Waals surface area contributed by atoms with Crippen LogP contribution in [0.4, 0.5) is 0 Å². The van der Waals surface area contributed by atoms with Gasteiger partial charge in [0.15, 0.2) is 0 Å². The lowest BCUT2D eigenvalue weighted by molar-refractivity contribution is -0.138. The Hall–Kier alpha value is -1.49. The van der Waals surface area contributed by atoms with Crippen LogP contribution in [0.2, 0.25) is 5.02 Å². The zero-order valence-electron chi connectivity index (χ0n) is 9.43. The molecule has 0 N–H and O–H groups in total. The van der Waals surface area contributed by atoms with Crippen LogP contribution in [0.15, 0.2) is 33.5 Å². The second-order valence-corrected chi connectivity index (χ2v) is 4.40. The van der Waals surface area contributed by atoms with Gasteiger partial charge in [-0.3, -0.25) is 0 Å². The summed E-state index contributed by atoms with van der Waals surface area (Å²) in [4.78, 5) is 14.1. The Balaban J connectivity index is 3.19. The van der Waals surface area contributed by atoms with E-state index >= 15 is 0 Å². The highest BCUT2D eigenvalue weighted by molar-refractivity contribution is 9.10. The highest BCUT2D eigenvalue weighted by Crippen LogP contribution is 2.24. The summed E-state index contributed by atoms with van der Waals surface area (Å²) in [7, 11) is 0. The third-order valence-electron chi connectivity index (χ3n) is 1.89. The molecule has 0 atom stereocenters. The van der Waals surface area contributed by atoms with Gasteiger partial charge in [0.2, 0.25) is 0 Å². The molecule has 0 aromatic heterocycles. The van der Waals surface area contributed by atoms with Crippen LogP contribution in [0.1, 0.15) is 12.5 Å². The van der Waals surface area contributed by atoms with Crippen molar-refractivity contribution >= 4 is 39.6 Å². The second-order valence-electron chi connectivity index (χ2n) is 3.11. The molecule has 0 amide bonds. The van der Waals surface area contributed by atoms with E-state index in [0.717, 1.165) is 4.47 Å². The molecule has 5 nitrogen and oxygen atoms in total. The van der Waals surface area contributed by atoms with Crippen LogP contribution in [0.3, 0.4) is 0 Å². The van der Waals surface area contributed by atoms with Gasteiger partial charge in [-0.2, -0.15) is 0 Å². The first-order valence-corrected chi connectivity index (χ1v) is 6.14. The average Bonchev–Trinajstić information content (AvgIpc) is 2.33. The highest BCUT2D eigenvalue weighted by atomic mass is 79.9. The van der Waals surface area contributed by atoms with E-state index in [0.29, 0.717) is 10.6 Å². The maximum atomic E-state index is 11.5. The molecule has 0 aliphatic heterocycles. The van der Waals surface area contributed by atoms with Crippen LogP contribution >= 0.6 is 27.5 Å². The summed E-state index contributed by atoms with van der Waals surface area (Å²) < 4.78 is 5.50. The predicted octanol–water partition coefficient (Wildman–Crippen LogP) is 4.32. The van der Waals surface area contributed by atoms with E-state index < -0.39 is 5.97 Å². The van der Waals surface area contributed by atoms with Crippen molar-refractivity contribution in [1.82, 2.24) is 0 Å². The molecular formula is C11H9BrClN3O2. The Labute approximate surface area is 117 Å². The van der Waals surface area contributed by atoms with Crippen molar-refractivity contribution in [2.75, 3.05) is 6.61 Å². The number of esters is 1. The van der Waals surface area contributed by atoms with E-state index in [4.69, 9.17) is 21.9 Å². The summed E-state index contributed by atoms with van der Waals surface area (Å²) in [5.41, 5.74) is 8.93. The van der Waals surface area contributed by atoms with Crippen LogP contribution in [-0.2, 0) is 9.53 Å². The van der Waals surface area contributed by atoms with Crippen molar-refractivity contribution in [3.05, 3.63) is 49.4 Å². The van der Waals surface area contributed by atoms with Crippen LogP contribution < -0.4 is 0 Å². The molecule has 1 aromatic carbocycles. The molecule has 0 saturated heterocycles. The van der Waals surface area contributed by atoms with Crippen LogP contribution in [0.5, 0.6) is 0 Å². The van der Waals surface area contributed by atoms with Crippen LogP contribution in [0.25, 0.3) is 16.5 Å². The number of carbonyl (C=O) groups excluding carboxylic acids is 1. The summed E-state index contributed by atoms with van der Waals surface area (Å²) in [6.45, 7) is 1.87. The van der Waals surface area contributed by atoms with Crippen molar-refractivity contribution in [2.45, 2.75) is 6.92 Å². The van der Waals surface area contributed by atoms with E-state index in [9.17, 15) is 4.79 Å². The molecule has 0 aliphatic rings. The van der Waals surface area contributed by atoms with Crippen LogP contribution in [0, 0.1) is 0 Å². The molecule has 0 saturated carbocycles. The number of benzene rings is 1. The van der Waals surface area contributed by atoms with Gasteiger partial charge in [-0.15, -0.1) is 0 Å². The number of nitrogens with zero attached hydrogens (tertiary/aromatic N) is 3. The minimum atomic E-state index is -0.679. The summed E-state index contributed by atoms with van der Waals surface area (Å²) in [5.74, 6) is -0.679. The molecule has 0 unspecified atom stereocenters. The third kappa shape index (κ3) is 4.07. The number of hydrogen-bond acceptors (Lipinski definition) is 3. The third-order valence-corrected chi connectivity index (χ3v) is 2.84. The minimum absolute atomic E-state index is 0.123.